The van der Waals surface area contributed by atoms with Crippen molar-refractivity contribution in [3.8, 4) is 0 Å². The highest BCUT2D eigenvalue weighted by molar-refractivity contribution is 9.10. The summed E-state index contributed by atoms with van der Waals surface area (Å²) >= 11 is 3.49. The first-order valence-electron chi connectivity index (χ1n) is 9.48. The van der Waals surface area contributed by atoms with E-state index in [1.807, 2.05) is 24.3 Å². The number of fused-ring (bicyclic) bond motifs is 1. The fourth-order valence-corrected chi connectivity index (χ4v) is 3.98. The number of hydrogen-bond acceptors (Lipinski definition) is 4. The van der Waals surface area contributed by atoms with Gasteiger partial charge in [0, 0.05) is 42.6 Å². The van der Waals surface area contributed by atoms with Crippen molar-refractivity contribution in [2.24, 2.45) is 0 Å². The molecule has 2 N–H and O–H groups in total. The van der Waals surface area contributed by atoms with Crippen LogP contribution in [0.3, 0.4) is 0 Å². The lowest BCUT2D eigenvalue weighted by Gasteiger charge is -2.24. The standard InChI is InChI=1S/C21H24BrN5O/c1-26-10-11-27(12-15-6-8-16(22)9-7-15)14-17(13-26)23-21(28)20-18-4-2-3-5-19(18)24-25-20/h2-9,17H,10-14H2,1H3,(H,23,28)(H,24,25). The molecule has 2 heterocycles. The maximum absolute atomic E-state index is 12.9. The Hall–Kier alpha value is -2.22. The number of amides is 1. The average molecular weight is 442 g/mol. The lowest BCUT2D eigenvalue weighted by atomic mass is 10.1. The summed E-state index contributed by atoms with van der Waals surface area (Å²) in [5.41, 5.74) is 2.61. The van der Waals surface area contributed by atoms with Gasteiger partial charge in [0.25, 0.3) is 5.91 Å². The minimum Gasteiger partial charge on any atom is -0.345 e. The lowest BCUT2D eigenvalue weighted by Crippen LogP contribution is -2.46. The number of likely N-dealkylation sites (N-methyl/N-ethyl adjacent to an activating group) is 1. The number of hydrogen-bond donors (Lipinski definition) is 2. The summed E-state index contributed by atoms with van der Waals surface area (Å²) in [4.78, 5) is 17.5. The van der Waals surface area contributed by atoms with Gasteiger partial charge in [-0.05, 0) is 30.8 Å². The monoisotopic (exact) mass is 441 g/mol. The van der Waals surface area contributed by atoms with Crippen LogP contribution in [0.5, 0.6) is 0 Å². The molecule has 146 valence electrons. The summed E-state index contributed by atoms with van der Waals surface area (Å²) in [6.45, 7) is 4.47. The molecular formula is C21H24BrN5O. The topological polar surface area (TPSA) is 64.3 Å². The Kier molecular flexibility index (Phi) is 5.75. The Morgan fingerprint density at radius 3 is 2.79 bits per heavy atom. The van der Waals surface area contributed by atoms with Gasteiger partial charge >= 0.3 is 0 Å². The molecule has 4 rings (SSSR count). The highest BCUT2D eigenvalue weighted by Crippen LogP contribution is 2.16. The van der Waals surface area contributed by atoms with Crippen LogP contribution in [0.4, 0.5) is 0 Å². The number of carbonyl (C=O) groups is 1. The van der Waals surface area contributed by atoms with Crippen molar-refractivity contribution in [3.05, 3.63) is 64.3 Å². The van der Waals surface area contributed by atoms with Crippen molar-refractivity contribution in [1.82, 2.24) is 25.3 Å². The number of benzene rings is 2. The van der Waals surface area contributed by atoms with E-state index in [-0.39, 0.29) is 11.9 Å². The van der Waals surface area contributed by atoms with Gasteiger partial charge in [-0.1, -0.05) is 46.3 Å². The zero-order chi connectivity index (χ0) is 19.5. The van der Waals surface area contributed by atoms with Gasteiger partial charge in [0.1, 0.15) is 0 Å². The highest BCUT2D eigenvalue weighted by Gasteiger charge is 2.24. The van der Waals surface area contributed by atoms with Crippen LogP contribution in [0, 0.1) is 0 Å². The zero-order valence-electron chi connectivity index (χ0n) is 15.9. The van der Waals surface area contributed by atoms with Crippen LogP contribution < -0.4 is 5.32 Å². The largest absolute Gasteiger partial charge is 0.345 e. The third kappa shape index (κ3) is 4.43. The summed E-state index contributed by atoms with van der Waals surface area (Å²) in [6, 6.07) is 16.2. The number of rotatable bonds is 4. The molecule has 2 aromatic carbocycles. The van der Waals surface area contributed by atoms with Gasteiger partial charge in [-0.15, -0.1) is 0 Å². The second-order valence-electron chi connectivity index (χ2n) is 7.41. The quantitative estimate of drug-likeness (QED) is 0.653. The van der Waals surface area contributed by atoms with E-state index in [1.165, 1.54) is 5.56 Å². The summed E-state index contributed by atoms with van der Waals surface area (Å²) in [6.07, 6.45) is 0. The molecule has 0 bridgehead atoms. The van der Waals surface area contributed by atoms with Crippen LogP contribution >= 0.6 is 15.9 Å². The summed E-state index contributed by atoms with van der Waals surface area (Å²) in [5.74, 6) is -0.124. The molecule has 1 aliphatic heterocycles. The van der Waals surface area contributed by atoms with Gasteiger partial charge in [0.15, 0.2) is 5.69 Å². The molecule has 6 nitrogen and oxygen atoms in total. The number of aromatic amines is 1. The molecule has 28 heavy (non-hydrogen) atoms. The van der Waals surface area contributed by atoms with Crippen molar-refractivity contribution in [3.63, 3.8) is 0 Å². The Morgan fingerprint density at radius 1 is 1.18 bits per heavy atom. The van der Waals surface area contributed by atoms with Crippen LogP contribution in [-0.4, -0.2) is 65.2 Å². The molecule has 0 radical (unpaired) electrons. The Bertz CT molecular complexity index is 955. The van der Waals surface area contributed by atoms with Gasteiger partial charge in [-0.2, -0.15) is 5.10 Å². The summed E-state index contributed by atoms with van der Waals surface area (Å²) < 4.78 is 1.09. The molecule has 7 heteroatoms. The number of nitrogens with one attached hydrogen (secondary N) is 2. The predicted molar refractivity (Wildman–Crippen MR) is 114 cm³/mol. The van der Waals surface area contributed by atoms with Gasteiger partial charge in [0.05, 0.1) is 11.6 Å². The first kappa shape index (κ1) is 19.1. The van der Waals surface area contributed by atoms with E-state index in [0.717, 1.165) is 48.1 Å². The third-order valence-corrected chi connectivity index (χ3v) is 5.68. The van der Waals surface area contributed by atoms with Crippen LogP contribution in [0.25, 0.3) is 10.9 Å². The third-order valence-electron chi connectivity index (χ3n) is 5.15. The van der Waals surface area contributed by atoms with E-state index in [0.29, 0.717) is 5.69 Å². The number of carbonyl (C=O) groups excluding carboxylic acids is 1. The van der Waals surface area contributed by atoms with Crippen molar-refractivity contribution in [2.75, 3.05) is 33.2 Å². The number of nitrogens with zero attached hydrogens (tertiary/aromatic N) is 3. The highest BCUT2D eigenvalue weighted by atomic mass is 79.9. The Morgan fingerprint density at radius 2 is 1.96 bits per heavy atom. The van der Waals surface area contributed by atoms with E-state index >= 15 is 0 Å². The van der Waals surface area contributed by atoms with Crippen molar-refractivity contribution in [2.45, 2.75) is 12.6 Å². The van der Waals surface area contributed by atoms with Crippen molar-refractivity contribution < 1.29 is 4.79 Å². The molecule has 1 aromatic heterocycles. The molecule has 1 saturated heterocycles. The van der Waals surface area contributed by atoms with Gasteiger partial charge in [-0.3, -0.25) is 14.8 Å². The fourth-order valence-electron chi connectivity index (χ4n) is 3.71. The van der Waals surface area contributed by atoms with E-state index in [1.54, 1.807) is 0 Å². The lowest BCUT2D eigenvalue weighted by molar-refractivity contribution is 0.0920. The average Bonchev–Trinajstić information content (AvgIpc) is 3.04. The smallest absolute Gasteiger partial charge is 0.272 e. The van der Waals surface area contributed by atoms with Crippen LogP contribution in [0.15, 0.2) is 53.0 Å². The second kappa shape index (κ2) is 8.43. The molecule has 1 atom stereocenters. The van der Waals surface area contributed by atoms with E-state index in [2.05, 4.69) is 72.6 Å². The molecule has 1 amide bonds. The molecule has 1 unspecified atom stereocenters. The molecule has 3 aromatic rings. The maximum atomic E-state index is 12.9. The SMILES string of the molecule is CN1CCN(Cc2ccc(Br)cc2)CC(NC(=O)c2n[nH]c3ccccc23)C1. The second-order valence-corrected chi connectivity index (χ2v) is 8.33. The van der Waals surface area contributed by atoms with Gasteiger partial charge < -0.3 is 10.2 Å². The first-order chi connectivity index (χ1) is 13.6. The number of halogens is 1. The molecular weight excluding hydrogens is 418 g/mol. The van der Waals surface area contributed by atoms with Crippen LogP contribution in [0.2, 0.25) is 0 Å². The van der Waals surface area contributed by atoms with E-state index < -0.39 is 0 Å². The van der Waals surface area contributed by atoms with E-state index in [9.17, 15) is 4.79 Å². The van der Waals surface area contributed by atoms with Gasteiger partial charge in [0.2, 0.25) is 0 Å². The summed E-state index contributed by atoms with van der Waals surface area (Å²) in [5, 5.41) is 11.2. The molecule has 0 aliphatic carbocycles. The van der Waals surface area contributed by atoms with Crippen molar-refractivity contribution in [1.29, 1.82) is 0 Å². The maximum Gasteiger partial charge on any atom is 0.272 e. The Labute approximate surface area is 173 Å². The molecule has 1 fully saturated rings. The van der Waals surface area contributed by atoms with Crippen LogP contribution in [0.1, 0.15) is 16.1 Å². The minimum atomic E-state index is -0.124. The Balaban J connectivity index is 1.46. The van der Waals surface area contributed by atoms with Crippen LogP contribution in [-0.2, 0) is 6.54 Å². The van der Waals surface area contributed by atoms with Crippen molar-refractivity contribution >= 4 is 32.7 Å². The molecule has 0 spiro atoms. The minimum absolute atomic E-state index is 0.0471. The fraction of sp³-hybridized carbons (Fsp3) is 0.333. The normalized spacial score (nSPS) is 18.9. The number of aromatic nitrogens is 2. The summed E-state index contributed by atoms with van der Waals surface area (Å²) in [7, 11) is 2.10. The number of H-pyrrole nitrogens is 1. The predicted octanol–water partition coefficient (Wildman–Crippen LogP) is 2.87. The first-order valence-corrected chi connectivity index (χ1v) is 10.3. The van der Waals surface area contributed by atoms with Gasteiger partial charge in [-0.25, -0.2) is 0 Å². The molecule has 1 aliphatic rings. The van der Waals surface area contributed by atoms with E-state index in [4.69, 9.17) is 0 Å². The number of para-hydroxylation sites is 1. The molecule has 0 saturated carbocycles. The zero-order valence-corrected chi connectivity index (χ0v) is 17.4.